The van der Waals surface area contributed by atoms with E-state index in [1.165, 1.54) is 30.5 Å². The van der Waals surface area contributed by atoms with Crippen LogP contribution in [0.1, 0.15) is 44.4 Å². The molecule has 0 amide bonds. The molecule has 0 N–H and O–H groups in total. The minimum Gasteiger partial charge on any atom is -0.226 e. The van der Waals surface area contributed by atoms with Gasteiger partial charge in [0.2, 0.25) is 5.28 Å². The van der Waals surface area contributed by atoms with Crippen LogP contribution in [0.5, 0.6) is 0 Å². The standard InChI is InChI=1S/C11H15ClN2/c1-3-5-11(2)6-4-8-7-13-10(12)14-9(8)11/h7H,3-6H2,1-2H3. The van der Waals surface area contributed by atoms with Crippen molar-refractivity contribution >= 4 is 11.6 Å². The van der Waals surface area contributed by atoms with Crippen molar-refractivity contribution < 1.29 is 0 Å². The SMILES string of the molecule is CCCC1(C)CCc2cnc(Cl)nc21. The molecule has 0 aliphatic heterocycles. The molecule has 1 unspecified atom stereocenters. The van der Waals surface area contributed by atoms with Crippen LogP contribution in [-0.4, -0.2) is 9.97 Å². The summed E-state index contributed by atoms with van der Waals surface area (Å²) < 4.78 is 0. The lowest BCUT2D eigenvalue weighted by Gasteiger charge is -2.23. The van der Waals surface area contributed by atoms with Gasteiger partial charge in [0, 0.05) is 11.6 Å². The maximum Gasteiger partial charge on any atom is 0.222 e. The van der Waals surface area contributed by atoms with E-state index in [2.05, 4.69) is 23.8 Å². The van der Waals surface area contributed by atoms with Crippen molar-refractivity contribution in [3.05, 3.63) is 22.7 Å². The minimum atomic E-state index is 0.233. The Morgan fingerprint density at radius 3 is 3.07 bits per heavy atom. The smallest absolute Gasteiger partial charge is 0.222 e. The number of halogens is 1. The van der Waals surface area contributed by atoms with Gasteiger partial charge in [-0.3, -0.25) is 0 Å². The van der Waals surface area contributed by atoms with Crippen molar-refractivity contribution in [1.82, 2.24) is 9.97 Å². The maximum atomic E-state index is 5.83. The van der Waals surface area contributed by atoms with Gasteiger partial charge in [0.1, 0.15) is 0 Å². The van der Waals surface area contributed by atoms with E-state index in [4.69, 9.17) is 11.6 Å². The molecule has 1 atom stereocenters. The van der Waals surface area contributed by atoms with Gasteiger partial charge in [-0.25, -0.2) is 9.97 Å². The number of rotatable bonds is 2. The molecule has 76 valence electrons. The third-order valence-corrected chi connectivity index (χ3v) is 3.34. The van der Waals surface area contributed by atoms with Crippen LogP contribution in [0.3, 0.4) is 0 Å². The fourth-order valence-corrected chi connectivity index (χ4v) is 2.55. The van der Waals surface area contributed by atoms with E-state index in [1.807, 2.05) is 6.20 Å². The molecule has 3 heteroatoms. The highest BCUT2D eigenvalue weighted by Crippen LogP contribution is 2.40. The van der Waals surface area contributed by atoms with E-state index in [0.717, 1.165) is 6.42 Å². The van der Waals surface area contributed by atoms with Gasteiger partial charge in [-0.05, 0) is 36.4 Å². The van der Waals surface area contributed by atoms with Gasteiger partial charge in [-0.15, -0.1) is 0 Å². The van der Waals surface area contributed by atoms with E-state index < -0.39 is 0 Å². The fourth-order valence-electron chi connectivity index (χ4n) is 2.41. The Bertz CT molecular complexity index is 347. The molecule has 0 aromatic carbocycles. The van der Waals surface area contributed by atoms with Gasteiger partial charge >= 0.3 is 0 Å². The van der Waals surface area contributed by atoms with Crippen molar-refractivity contribution in [3.8, 4) is 0 Å². The molecule has 0 saturated heterocycles. The second-order valence-corrected chi connectivity index (χ2v) is 4.66. The first-order chi connectivity index (χ1) is 6.65. The number of aromatic nitrogens is 2. The second-order valence-electron chi connectivity index (χ2n) is 4.32. The summed E-state index contributed by atoms with van der Waals surface area (Å²) in [6.45, 7) is 4.50. The van der Waals surface area contributed by atoms with Gasteiger partial charge in [0.15, 0.2) is 0 Å². The lowest BCUT2D eigenvalue weighted by atomic mass is 9.83. The Hall–Kier alpha value is -0.630. The second kappa shape index (κ2) is 3.50. The van der Waals surface area contributed by atoms with Crippen LogP contribution in [0.15, 0.2) is 6.20 Å². The molecule has 1 aromatic rings. The summed E-state index contributed by atoms with van der Waals surface area (Å²) in [6, 6.07) is 0. The first-order valence-corrected chi connectivity index (χ1v) is 5.55. The molecule has 0 radical (unpaired) electrons. The summed E-state index contributed by atoms with van der Waals surface area (Å²) in [4.78, 5) is 8.41. The number of fused-ring (bicyclic) bond motifs is 1. The maximum absolute atomic E-state index is 5.83. The average molecular weight is 211 g/mol. The van der Waals surface area contributed by atoms with Crippen LogP contribution in [0.4, 0.5) is 0 Å². The third-order valence-electron chi connectivity index (χ3n) is 3.15. The van der Waals surface area contributed by atoms with Crippen LogP contribution < -0.4 is 0 Å². The van der Waals surface area contributed by atoms with Crippen LogP contribution in [0.2, 0.25) is 5.28 Å². The van der Waals surface area contributed by atoms with Gasteiger partial charge < -0.3 is 0 Å². The summed E-state index contributed by atoms with van der Waals surface area (Å²) in [7, 11) is 0. The summed E-state index contributed by atoms with van der Waals surface area (Å²) in [5.41, 5.74) is 2.70. The Kier molecular flexibility index (Phi) is 2.48. The van der Waals surface area contributed by atoms with Crippen molar-refractivity contribution in [2.45, 2.75) is 44.9 Å². The van der Waals surface area contributed by atoms with Crippen molar-refractivity contribution in [2.24, 2.45) is 0 Å². The van der Waals surface area contributed by atoms with Crippen LogP contribution >= 0.6 is 11.6 Å². The van der Waals surface area contributed by atoms with Crippen molar-refractivity contribution in [1.29, 1.82) is 0 Å². The van der Waals surface area contributed by atoms with E-state index in [9.17, 15) is 0 Å². The minimum absolute atomic E-state index is 0.233. The quantitative estimate of drug-likeness (QED) is 0.701. The summed E-state index contributed by atoms with van der Waals surface area (Å²) in [6.07, 6.45) is 6.55. The molecule has 0 spiro atoms. The predicted molar refractivity (Wildman–Crippen MR) is 57.6 cm³/mol. The zero-order chi connectivity index (χ0) is 10.2. The highest BCUT2D eigenvalue weighted by atomic mass is 35.5. The molecule has 0 fully saturated rings. The van der Waals surface area contributed by atoms with Crippen LogP contribution in [-0.2, 0) is 11.8 Å². The topological polar surface area (TPSA) is 25.8 Å². The molecule has 1 aromatic heterocycles. The highest BCUT2D eigenvalue weighted by molar-refractivity contribution is 6.28. The molecule has 14 heavy (non-hydrogen) atoms. The zero-order valence-corrected chi connectivity index (χ0v) is 9.43. The number of hydrogen-bond acceptors (Lipinski definition) is 2. The normalized spacial score (nSPS) is 25.1. The Morgan fingerprint density at radius 2 is 2.36 bits per heavy atom. The van der Waals surface area contributed by atoms with Crippen molar-refractivity contribution in [2.75, 3.05) is 0 Å². The first kappa shape index (κ1) is 9.91. The summed E-state index contributed by atoms with van der Waals surface area (Å²) in [5.74, 6) is 0. The fraction of sp³-hybridized carbons (Fsp3) is 0.636. The van der Waals surface area contributed by atoms with Crippen LogP contribution in [0, 0.1) is 0 Å². The first-order valence-electron chi connectivity index (χ1n) is 5.17. The van der Waals surface area contributed by atoms with Gasteiger partial charge in [0.25, 0.3) is 0 Å². The molecule has 0 saturated carbocycles. The molecule has 1 aliphatic carbocycles. The van der Waals surface area contributed by atoms with Gasteiger partial charge in [-0.2, -0.15) is 0 Å². The largest absolute Gasteiger partial charge is 0.226 e. The average Bonchev–Trinajstić information content (AvgIpc) is 2.45. The third kappa shape index (κ3) is 1.52. The Labute approximate surface area is 89.7 Å². The summed E-state index contributed by atoms with van der Waals surface area (Å²) >= 11 is 5.83. The molecular formula is C11H15ClN2. The van der Waals surface area contributed by atoms with E-state index in [0.29, 0.717) is 5.28 Å². The highest BCUT2D eigenvalue weighted by Gasteiger charge is 2.35. The van der Waals surface area contributed by atoms with Crippen molar-refractivity contribution in [3.63, 3.8) is 0 Å². The Balaban J connectivity index is 2.41. The molecule has 2 nitrogen and oxygen atoms in total. The molecular weight excluding hydrogens is 196 g/mol. The molecule has 0 bridgehead atoms. The predicted octanol–water partition coefficient (Wildman–Crippen LogP) is 3.13. The molecule has 2 rings (SSSR count). The van der Waals surface area contributed by atoms with E-state index in [-0.39, 0.29) is 5.41 Å². The van der Waals surface area contributed by atoms with E-state index in [1.54, 1.807) is 0 Å². The Morgan fingerprint density at radius 1 is 1.57 bits per heavy atom. The zero-order valence-electron chi connectivity index (χ0n) is 8.68. The number of aryl methyl sites for hydroxylation is 1. The summed E-state index contributed by atoms with van der Waals surface area (Å²) in [5, 5.41) is 0.382. The lowest BCUT2D eigenvalue weighted by molar-refractivity contribution is 0.417. The number of nitrogens with zero attached hydrogens (tertiary/aromatic N) is 2. The lowest BCUT2D eigenvalue weighted by Crippen LogP contribution is -2.19. The monoisotopic (exact) mass is 210 g/mol. The van der Waals surface area contributed by atoms with Gasteiger partial charge in [0.05, 0.1) is 5.69 Å². The van der Waals surface area contributed by atoms with Crippen LogP contribution in [0.25, 0.3) is 0 Å². The van der Waals surface area contributed by atoms with Gasteiger partial charge in [-0.1, -0.05) is 20.3 Å². The molecule has 1 heterocycles. The van der Waals surface area contributed by atoms with E-state index >= 15 is 0 Å². The molecule has 1 aliphatic rings. The number of hydrogen-bond donors (Lipinski definition) is 0.